The number of nitrogens with one attached hydrogen (secondary N) is 1. The summed E-state index contributed by atoms with van der Waals surface area (Å²) in [7, 11) is 5.78. The van der Waals surface area contributed by atoms with Crippen LogP contribution in [-0.2, 0) is 6.54 Å². The van der Waals surface area contributed by atoms with Gasteiger partial charge in [0.1, 0.15) is 5.82 Å². The van der Waals surface area contributed by atoms with Gasteiger partial charge >= 0.3 is 0 Å². The second kappa shape index (κ2) is 9.00. The Balaban J connectivity index is 1.90. The van der Waals surface area contributed by atoms with Crippen LogP contribution in [0.3, 0.4) is 0 Å². The fourth-order valence-electron chi connectivity index (χ4n) is 2.16. The maximum Gasteiger partial charge on any atom is 0.161 e. The predicted octanol–water partition coefficient (Wildman–Crippen LogP) is 3.03. The smallest absolute Gasteiger partial charge is 0.161 e. The molecule has 0 atom stereocenters. The van der Waals surface area contributed by atoms with Crippen molar-refractivity contribution in [3.05, 3.63) is 48.2 Å². The highest BCUT2D eigenvalue weighted by atomic mass is 16.5. The fourth-order valence-corrected chi connectivity index (χ4v) is 2.16. The molecule has 0 unspecified atom stereocenters. The maximum absolute atomic E-state index is 5.81. The lowest BCUT2D eigenvalue weighted by Gasteiger charge is -2.14. The lowest BCUT2D eigenvalue weighted by molar-refractivity contribution is 0.268. The third-order valence-corrected chi connectivity index (χ3v) is 3.37. The van der Waals surface area contributed by atoms with Gasteiger partial charge in [0.25, 0.3) is 0 Å². The molecule has 0 aliphatic carbocycles. The molecule has 0 saturated heterocycles. The van der Waals surface area contributed by atoms with Gasteiger partial charge in [-0.2, -0.15) is 0 Å². The minimum absolute atomic E-state index is 0.681. The van der Waals surface area contributed by atoms with E-state index in [0.717, 1.165) is 35.8 Å². The van der Waals surface area contributed by atoms with E-state index in [1.165, 1.54) is 0 Å². The number of ether oxygens (including phenoxy) is 2. The number of hydrogen-bond donors (Lipinski definition) is 1. The molecule has 1 aromatic heterocycles. The van der Waals surface area contributed by atoms with Crippen molar-refractivity contribution in [1.29, 1.82) is 0 Å². The number of methoxy groups -OCH3 is 1. The number of rotatable bonds is 9. The zero-order valence-electron chi connectivity index (χ0n) is 14.1. The topological polar surface area (TPSA) is 46.6 Å². The lowest BCUT2D eigenvalue weighted by Crippen LogP contribution is -2.15. The molecule has 5 nitrogen and oxygen atoms in total. The number of hydrogen-bond acceptors (Lipinski definition) is 5. The lowest BCUT2D eigenvalue weighted by atomic mass is 10.2. The van der Waals surface area contributed by atoms with Gasteiger partial charge in [-0.05, 0) is 50.3 Å². The van der Waals surface area contributed by atoms with Crippen molar-refractivity contribution in [3.63, 3.8) is 0 Å². The van der Waals surface area contributed by atoms with Crippen molar-refractivity contribution < 1.29 is 9.47 Å². The van der Waals surface area contributed by atoms with E-state index in [-0.39, 0.29) is 0 Å². The van der Waals surface area contributed by atoms with E-state index >= 15 is 0 Å². The van der Waals surface area contributed by atoms with Gasteiger partial charge in [-0.15, -0.1) is 0 Å². The summed E-state index contributed by atoms with van der Waals surface area (Å²) >= 11 is 0. The van der Waals surface area contributed by atoms with Gasteiger partial charge in [-0.25, -0.2) is 4.98 Å². The van der Waals surface area contributed by atoms with E-state index in [4.69, 9.17) is 9.47 Å². The Kier molecular flexibility index (Phi) is 6.69. The summed E-state index contributed by atoms with van der Waals surface area (Å²) in [5.74, 6) is 2.40. The molecule has 0 aliphatic heterocycles. The average molecular weight is 315 g/mol. The Morgan fingerprint density at radius 2 is 2.00 bits per heavy atom. The Labute approximate surface area is 138 Å². The highest BCUT2D eigenvalue weighted by molar-refractivity contribution is 5.44. The number of benzene rings is 1. The molecule has 124 valence electrons. The highest BCUT2D eigenvalue weighted by Gasteiger charge is 2.06. The van der Waals surface area contributed by atoms with Crippen LogP contribution in [0.4, 0.5) is 5.82 Å². The maximum atomic E-state index is 5.81. The zero-order chi connectivity index (χ0) is 16.5. The van der Waals surface area contributed by atoms with E-state index in [1.54, 1.807) is 13.3 Å². The molecule has 0 fully saturated rings. The second-order valence-electron chi connectivity index (χ2n) is 5.56. The third kappa shape index (κ3) is 5.79. The number of pyridine rings is 1. The van der Waals surface area contributed by atoms with E-state index in [0.29, 0.717) is 13.2 Å². The van der Waals surface area contributed by atoms with E-state index in [2.05, 4.69) is 29.3 Å². The van der Waals surface area contributed by atoms with Crippen LogP contribution >= 0.6 is 0 Å². The van der Waals surface area contributed by atoms with Gasteiger partial charge < -0.3 is 19.7 Å². The molecule has 2 rings (SSSR count). The summed E-state index contributed by atoms with van der Waals surface area (Å²) in [5, 5.41) is 3.28. The molecule has 1 heterocycles. The second-order valence-corrected chi connectivity index (χ2v) is 5.56. The van der Waals surface area contributed by atoms with E-state index < -0.39 is 0 Å². The Morgan fingerprint density at radius 1 is 1.13 bits per heavy atom. The van der Waals surface area contributed by atoms with Crippen LogP contribution in [0.15, 0.2) is 42.6 Å². The highest BCUT2D eigenvalue weighted by Crippen LogP contribution is 2.28. The molecule has 23 heavy (non-hydrogen) atoms. The summed E-state index contributed by atoms with van der Waals surface area (Å²) in [6, 6.07) is 11.8. The normalized spacial score (nSPS) is 10.6. The van der Waals surface area contributed by atoms with Crippen molar-refractivity contribution in [3.8, 4) is 11.5 Å². The zero-order valence-corrected chi connectivity index (χ0v) is 14.1. The van der Waals surface area contributed by atoms with Crippen LogP contribution in [0.2, 0.25) is 0 Å². The summed E-state index contributed by atoms with van der Waals surface area (Å²) < 4.78 is 11.2. The molecule has 5 heteroatoms. The number of aromatic nitrogens is 1. The summed E-state index contributed by atoms with van der Waals surface area (Å²) in [6.07, 6.45) is 2.76. The van der Waals surface area contributed by atoms with Crippen LogP contribution in [0.1, 0.15) is 12.0 Å². The van der Waals surface area contributed by atoms with Gasteiger partial charge in [-0.1, -0.05) is 12.1 Å². The standard InChI is InChI=1S/C18H25N3O2/c1-21(2)11-6-12-23-16-9-8-15(13-17(16)22-3)14-20-18-7-4-5-10-19-18/h4-5,7-10,13H,6,11-12,14H2,1-3H3,(H,19,20). The monoisotopic (exact) mass is 315 g/mol. The molecule has 0 amide bonds. The summed E-state index contributed by atoms with van der Waals surface area (Å²) in [5.41, 5.74) is 1.12. The van der Waals surface area contributed by atoms with Crippen LogP contribution in [-0.4, -0.2) is 44.2 Å². The Hall–Kier alpha value is -2.27. The molecular formula is C18H25N3O2. The van der Waals surface area contributed by atoms with Crippen LogP contribution in [0, 0.1) is 0 Å². The van der Waals surface area contributed by atoms with Crippen LogP contribution in [0.5, 0.6) is 11.5 Å². The van der Waals surface area contributed by atoms with Crippen molar-refractivity contribution in [2.24, 2.45) is 0 Å². The van der Waals surface area contributed by atoms with Crippen molar-refractivity contribution in [2.75, 3.05) is 39.7 Å². The first-order valence-electron chi connectivity index (χ1n) is 7.78. The first-order chi connectivity index (χ1) is 11.2. The van der Waals surface area contributed by atoms with Crippen molar-refractivity contribution in [1.82, 2.24) is 9.88 Å². The predicted molar refractivity (Wildman–Crippen MR) is 93.2 cm³/mol. The molecule has 0 radical (unpaired) electrons. The number of nitrogens with zero attached hydrogens (tertiary/aromatic N) is 2. The molecule has 0 saturated carbocycles. The minimum Gasteiger partial charge on any atom is -0.493 e. The van der Waals surface area contributed by atoms with E-state index in [1.807, 2.05) is 36.4 Å². The number of anilines is 1. The van der Waals surface area contributed by atoms with Crippen molar-refractivity contribution in [2.45, 2.75) is 13.0 Å². The molecular weight excluding hydrogens is 290 g/mol. The molecule has 0 bridgehead atoms. The Morgan fingerprint density at radius 3 is 2.70 bits per heavy atom. The largest absolute Gasteiger partial charge is 0.493 e. The molecule has 0 aliphatic rings. The van der Waals surface area contributed by atoms with Gasteiger partial charge in [0.15, 0.2) is 11.5 Å². The minimum atomic E-state index is 0.681. The molecule has 1 aromatic carbocycles. The van der Waals surface area contributed by atoms with Crippen molar-refractivity contribution >= 4 is 5.82 Å². The quantitative estimate of drug-likeness (QED) is 0.721. The van der Waals surface area contributed by atoms with E-state index in [9.17, 15) is 0 Å². The summed E-state index contributed by atoms with van der Waals surface area (Å²) in [4.78, 5) is 6.39. The third-order valence-electron chi connectivity index (χ3n) is 3.37. The molecule has 1 N–H and O–H groups in total. The van der Waals surface area contributed by atoms with Gasteiger partial charge in [-0.3, -0.25) is 0 Å². The van der Waals surface area contributed by atoms with Crippen LogP contribution < -0.4 is 14.8 Å². The molecule has 2 aromatic rings. The van der Waals surface area contributed by atoms with Crippen LogP contribution in [0.25, 0.3) is 0 Å². The molecule has 0 spiro atoms. The SMILES string of the molecule is COc1cc(CNc2ccccn2)ccc1OCCCN(C)C. The first kappa shape index (κ1) is 17.1. The average Bonchev–Trinajstić information content (AvgIpc) is 2.58. The fraction of sp³-hybridized carbons (Fsp3) is 0.389. The van der Waals surface area contributed by atoms with Gasteiger partial charge in [0.05, 0.1) is 13.7 Å². The van der Waals surface area contributed by atoms with Gasteiger partial charge in [0.2, 0.25) is 0 Å². The first-order valence-corrected chi connectivity index (χ1v) is 7.78. The Bertz CT molecular complexity index is 588. The summed E-state index contributed by atoms with van der Waals surface area (Å²) in [6.45, 7) is 2.38. The van der Waals surface area contributed by atoms with Gasteiger partial charge in [0, 0.05) is 19.3 Å².